The number of hydrogen-bond donors (Lipinski definition) is 0. The smallest absolute Gasteiger partial charge is 0.225 e. The normalized spacial score (nSPS) is 37.8. The van der Waals surface area contributed by atoms with Gasteiger partial charge >= 0.3 is 0 Å². The summed E-state index contributed by atoms with van der Waals surface area (Å²) >= 11 is 0. The van der Waals surface area contributed by atoms with E-state index in [2.05, 4.69) is 11.8 Å². The van der Waals surface area contributed by atoms with E-state index < -0.39 is 0 Å². The number of carbonyl (C=O) groups excluding carboxylic acids is 2. The monoisotopic (exact) mass is 291 g/mol. The van der Waals surface area contributed by atoms with Crippen molar-refractivity contribution in [2.45, 2.75) is 77.2 Å². The van der Waals surface area contributed by atoms with Crippen molar-refractivity contribution in [3.05, 3.63) is 0 Å². The first-order chi connectivity index (χ1) is 10.2. The zero-order valence-electron chi connectivity index (χ0n) is 13.4. The Kier molecular flexibility index (Phi) is 4.66. The predicted octanol–water partition coefficient (Wildman–Crippen LogP) is 3.56. The molecule has 3 fully saturated rings. The number of hydrogen-bond acceptors (Lipinski definition) is 2. The number of ketones is 1. The SMILES string of the molecule is CC1CCC(C(=O)N2CCCC2C2CCCCC2=O)CC1. The summed E-state index contributed by atoms with van der Waals surface area (Å²) < 4.78 is 0. The predicted molar refractivity (Wildman–Crippen MR) is 82.8 cm³/mol. The van der Waals surface area contributed by atoms with E-state index in [0.717, 1.165) is 63.8 Å². The van der Waals surface area contributed by atoms with Gasteiger partial charge in [0.1, 0.15) is 5.78 Å². The van der Waals surface area contributed by atoms with Gasteiger partial charge in [-0.3, -0.25) is 9.59 Å². The van der Waals surface area contributed by atoms with E-state index in [1.165, 1.54) is 12.8 Å². The summed E-state index contributed by atoms with van der Waals surface area (Å²) in [5.41, 5.74) is 0. The Bertz CT molecular complexity index is 398. The Hall–Kier alpha value is -0.860. The second-order valence-corrected chi connectivity index (χ2v) is 7.52. The first-order valence-electron chi connectivity index (χ1n) is 9.00. The zero-order valence-corrected chi connectivity index (χ0v) is 13.4. The Morgan fingerprint density at radius 2 is 1.76 bits per heavy atom. The van der Waals surface area contributed by atoms with Crippen LogP contribution in [0.4, 0.5) is 0 Å². The summed E-state index contributed by atoms with van der Waals surface area (Å²) in [6.07, 6.45) is 10.6. The van der Waals surface area contributed by atoms with E-state index in [-0.39, 0.29) is 17.9 Å². The summed E-state index contributed by atoms with van der Waals surface area (Å²) in [5, 5.41) is 0. The molecule has 0 aromatic heterocycles. The van der Waals surface area contributed by atoms with Gasteiger partial charge in [0.2, 0.25) is 5.91 Å². The first kappa shape index (κ1) is 15.1. The van der Waals surface area contributed by atoms with Crippen molar-refractivity contribution in [1.82, 2.24) is 4.90 Å². The fraction of sp³-hybridized carbons (Fsp3) is 0.889. The number of likely N-dealkylation sites (tertiary alicyclic amines) is 1. The van der Waals surface area contributed by atoms with Crippen molar-refractivity contribution < 1.29 is 9.59 Å². The molecule has 1 amide bonds. The molecule has 2 aliphatic carbocycles. The van der Waals surface area contributed by atoms with Gasteiger partial charge in [-0.2, -0.15) is 0 Å². The van der Waals surface area contributed by atoms with Gasteiger partial charge in [0, 0.05) is 30.8 Å². The Morgan fingerprint density at radius 3 is 2.48 bits per heavy atom. The van der Waals surface area contributed by atoms with Gasteiger partial charge in [0.25, 0.3) is 0 Å². The molecule has 118 valence electrons. The largest absolute Gasteiger partial charge is 0.339 e. The fourth-order valence-corrected chi connectivity index (χ4v) is 4.64. The Balaban J connectivity index is 1.65. The minimum atomic E-state index is 0.146. The lowest BCUT2D eigenvalue weighted by atomic mass is 9.80. The van der Waals surface area contributed by atoms with Crippen molar-refractivity contribution >= 4 is 11.7 Å². The van der Waals surface area contributed by atoms with Crippen LogP contribution in [-0.4, -0.2) is 29.2 Å². The highest BCUT2D eigenvalue weighted by molar-refractivity contribution is 5.84. The molecule has 0 bridgehead atoms. The lowest BCUT2D eigenvalue weighted by molar-refractivity contribution is -0.140. The van der Waals surface area contributed by atoms with Crippen molar-refractivity contribution in [2.24, 2.45) is 17.8 Å². The second-order valence-electron chi connectivity index (χ2n) is 7.52. The average molecular weight is 291 g/mol. The van der Waals surface area contributed by atoms with Crippen LogP contribution in [0, 0.1) is 17.8 Å². The van der Waals surface area contributed by atoms with Crippen LogP contribution in [0.3, 0.4) is 0 Å². The minimum Gasteiger partial charge on any atom is -0.339 e. The zero-order chi connectivity index (χ0) is 14.8. The van der Waals surface area contributed by atoms with Crippen LogP contribution in [0.5, 0.6) is 0 Å². The van der Waals surface area contributed by atoms with Crippen molar-refractivity contribution in [3.63, 3.8) is 0 Å². The summed E-state index contributed by atoms with van der Waals surface area (Å²) in [6.45, 7) is 3.18. The van der Waals surface area contributed by atoms with Crippen LogP contribution in [0.15, 0.2) is 0 Å². The second kappa shape index (κ2) is 6.50. The third-order valence-electron chi connectivity index (χ3n) is 6.01. The van der Waals surface area contributed by atoms with E-state index in [1.54, 1.807) is 0 Å². The molecule has 0 aromatic carbocycles. The molecular formula is C18H29NO2. The van der Waals surface area contributed by atoms with Crippen LogP contribution >= 0.6 is 0 Å². The van der Waals surface area contributed by atoms with Crippen molar-refractivity contribution in [2.75, 3.05) is 6.54 Å². The maximum atomic E-state index is 12.9. The quantitative estimate of drug-likeness (QED) is 0.780. The van der Waals surface area contributed by atoms with E-state index in [1.807, 2.05) is 0 Å². The molecule has 3 aliphatic rings. The molecule has 2 atom stereocenters. The number of Topliss-reactive ketones (excluding diaryl/α,β-unsaturated/α-hetero) is 1. The summed E-state index contributed by atoms with van der Waals surface area (Å²) in [7, 11) is 0. The molecule has 1 saturated heterocycles. The molecule has 21 heavy (non-hydrogen) atoms. The van der Waals surface area contributed by atoms with E-state index in [9.17, 15) is 9.59 Å². The highest BCUT2D eigenvalue weighted by Crippen LogP contribution is 2.36. The molecule has 3 nitrogen and oxygen atoms in total. The highest BCUT2D eigenvalue weighted by atomic mass is 16.2. The van der Waals surface area contributed by atoms with Gasteiger partial charge < -0.3 is 4.90 Å². The molecule has 3 rings (SSSR count). The number of amides is 1. The molecule has 1 aliphatic heterocycles. The third-order valence-corrected chi connectivity index (χ3v) is 6.01. The number of carbonyl (C=O) groups is 2. The van der Waals surface area contributed by atoms with Gasteiger partial charge in [0.05, 0.1) is 0 Å². The maximum Gasteiger partial charge on any atom is 0.225 e. The molecular weight excluding hydrogens is 262 g/mol. The average Bonchev–Trinajstić information content (AvgIpc) is 2.97. The van der Waals surface area contributed by atoms with E-state index in [4.69, 9.17) is 0 Å². The van der Waals surface area contributed by atoms with Gasteiger partial charge in [-0.1, -0.05) is 13.3 Å². The summed E-state index contributed by atoms with van der Waals surface area (Å²) in [6, 6.07) is 0.227. The van der Waals surface area contributed by atoms with Crippen LogP contribution in [-0.2, 0) is 9.59 Å². The van der Waals surface area contributed by atoms with Gasteiger partial charge in [-0.15, -0.1) is 0 Å². The number of rotatable bonds is 2. The number of nitrogens with zero attached hydrogens (tertiary/aromatic N) is 1. The minimum absolute atomic E-state index is 0.146. The highest BCUT2D eigenvalue weighted by Gasteiger charge is 2.40. The van der Waals surface area contributed by atoms with Crippen molar-refractivity contribution in [3.8, 4) is 0 Å². The molecule has 0 spiro atoms. The van der Waals surface area contributed by atoms with E-state index >= 15 is 0 Å². The molecule has 3 heteroatoms. The molecule has 0 radical (unpaired) electrons. The molecule has 2 saturated carbocycles. The standard InChI is InChI=1S/C18H29NO2/c1-13-8-10-14(11-9-13)18(21)19-12-4-6-16(19)15-5-2-3-7-17(15)20/h13-16H,2-12H2,1H3. The van der Waals surface area contributed by atoms with Gasteiger partial charge in [-0.25, -0.2) is 0 Å². The Morgan fingerprint density at radius 1 is 1.00 bits per heavy atom. The van der Waals surface area contributed by atoms with Crippen LogP contribution in [0.2, 0.25) is 0 Å². The van der Waals surface area contributed by atoms with Gasteiger partial charge in [0.15, 0.2) is 0 Å². The molecule has 2 unspecified atom stereocenters. The first-order valence-corrected chi connectivity index (χ1v) is 9.00. The maximum absolute atomic E-state index is 12.9. The van der Waals surface area contributed by atoms with Crippen molar-refractivity contribution in [1.29, 1.82) is 0 Å². The summed E-state index contributed by atoms with van der Waals surface area (Å²) in [4.78, 5) is 27.2. The van der Waals surface area contributed by atoms with Gasteiger partial charge in [-0.05, 0) is 57.3 Å². The lowest BCUT2D eigenvalue weighted by Crippen LogP contribution is -2.46. The Labute approximate surface area is 128 Å². The van der Waals surface area contributed by atoms with Crippen LogP contribution in [0.25, 0.3) is 0 Å². The molecule has 0 N–H and O–H groups in total. The van der Waals surface area contributed by atoms with E-state index in [0.29, 0.717) is 11.7 Å². The molecule has 0 aromatic rings. The summed E-state index contributed by atoms with van der Waals surface area (Å²) in [5.74, 6) is 1.95. The molecule has 1 heterocycles. The fourth-order valence-electron chi connectivity index (χ4n) is 4.64. The lowest BCUT2D eigenvalue weighted by Gasteiger charge is -2.36. The topological polar surface area (TPSA) is 37.4 Å². The van der Waals surface area contributed by atoms with Crippen LogP contribution < -0.4 is 0 Å². The van der Waals surface area contributed by atoms with Crippen LogP contribution in [0.1, 0.15) is 71.1 Å². The third kappa shape index (κ3) is 3.17.